The summed E-state index contributed by atoms with van der Waals surface area (Å²) < 4.78 is 6.02. The van der Waals surface area contributed by atoms with Crippen LogP contribution in [0.3, 0.4) is 0 Å². The maximum absolute atomic E-state index is 12.3. The zero-order valence-corrected chi connectivity index (χ0v) is 13.9. The van der Waals surface area contributed by atoms with Crippen molar-refractivity contribution in [3.8, 4) is 0 Å². The van der Waals surface area contributed by atoms with Gasteiger partial charge in [0.25, 0.3) is 0 Å². The fraction of sp³-hybridized carbons (Fsp3) is 0.632. The predicted molar refractivity (Wildman–Crippen MR) is 92.4 cm³/mol. The molecule has 1 aliphatic carbocycles. The average Bonchev–Trinajstić information content (AvgIpc) is 2.62. The molecule has 1 unspecified atom stereocenters. The highest BCUT2D eigenvalue weighted by Crippen LogP contribution is 2.22. The molecule has 2 fully saturated rings. The molecule has 1 heterocycles. The Kier molecular flexibility index (Phi) is 6.06. The quantitative estimate of drug-likeness (QED) is 0.872. The molecule has 3 rings (SSSR count). The number of rotatable bonds is 5. The second-order valence-electron chi connectivity index (χ2n) is 6.76. The van der Waals surface area contributed by atoms with Crippen LogP contribution in [0.1, 0.15) is 56.9 Å². The van der Waals surface area contributed by atoms with E-state index < -0.39 is 0 Å². The van der Waals surface area contributed by atoms with E-state index in [4.69, 9.17) is 4.74 Å². The third kappa shape index (κ3) is 5.05. The fourth-order valence-corrected chi connectivity index (χ4v) is 3.49. The van der Waals surface area contributed by atoms with Crippen LogP contribution in [-0.2, 0) is 16.1 Å². The highest BCUT2D eigenvalue weighted by molar-refractivity contribution is 5.94. The van der Waals surface area contributed by atoms with E-state index in [1.54, 1.807) is 0 Å². The minimum atomic E-state index is -0.0501. The van der Waals surface area contributed by atoms with Gasteiger partial charge < -0.3 is 15.4 Å². The Labute approximate surface area is 139 Å². The minimum absolute atomic E-state index is 0.0501. The van der Waals surface area contributed by atoms with E-state index in [9.17, 15) is 4.79 Å². The van der Waals surface area contributed by atoms with E-state index >= 15 is 0 Å². The third-order valence-electron chi connectivity index (χ3n) is 4.86. The molecular formula is C19H28N2O2. The zero-order chi connectivity index (χ0) is 15.9. The van der Waals surface area contributed by atoms with Crippen molar-refractivity contribution in [2.75, 3.05) is 11.9 Å². The van der Waals surface area contributed by atoms with E-state index in [0.29, 0.717) is 12.7 Å². The van der Waals surface area contributed by atoms with Gasteiger partial charge in [-0.15, -0.1) is 0 Å². The highest BCUT2D eigenvalue weighted by Gasteiger charge is 2.20. The van der Waals surface area contributed by atoms with Crippen LogP contribution < -0.4 is 10.6 Å². The molecule has 1 amide bonds. The maximum atomic E-state index is 12.3. The molecule has 1 saturated carbocycles. The number of hydrogen-bond donors (Lipinski definition) is 2. The Morgan fingerprint density at radius 2 is 1.96 bits per heavy atom. The first kappa shape index (κ1) is 16.5. The molecule has 1 atom stereocenters. The zero-order valence-electron chi connectivity index (χ0n) is 13.9. The molecule has 1 aliphatic heterocycles. The number of carbonyl (C=O) groups is 1. The van der Waals surface area contributed by atoms with E-state index in [1.807, 2.05) is 18.2 Å². The van der Waals surface area contributed by atoms with E-state index in [-0.39, 0.29) is 11.9 Å². The van der Waals surface area contributed by atoms with Gasteiger partial charge in [0, 0.05) is 5.69 Å². The van der Waals surface area contributed by atoms with Crippen LogP contribution in [0.4, 0.5) is 5.69 Å². The van der Waals surface area contributed by atoms with Gasteiger partial charge in [-0.2, -0.15) is 0 Å². The molecular weight excluding hydrogens is 288 g/mol. The number of benzene rings is 1. The summed E-state index contributed by atoms with van der Waals surface area (Å²) in [6.45, 7) is 1.57. The summed E-state index contributed by atoms with van der Waals surface area (Å²) in [5, 5.41) is 6.32. The summed E-state index contributed by atoms with van der Waals surface area (Å²) in [5.41, 5.74) is 2.00. The summed E-state index contributed by atoms with van der Waals surface area (Å²) in [6.07, 6.45) is 9.91. The maximum Gasteiger partial charge on any atom is 0.241 e. The number of ether oxygens (including phenoxy) is 1. The lowest BCUT2D eigenvalue weighted by molar-refractivity contribution is -0.118. The molecule has 0 radical (unpaired) electrons. The molecule has 23 heavy (non-hydrogen) atoms. The number of carbonyl (C=O) groups excluding carboxylic acids is 1. The lowest BCUT2D eigenvalue weighted by Crippen LogP contribution is -2.43. The number of anilines is 1. The lowest BCUT2D eigenvalue weighted by Gasteiger charge is -2.23. The van der Waals surface area contributed by atoms with Crippen molar-refractivity contribution >= 4 is 11.6 Å². The topological polar surface area (TPSA) is 50.4 Å². The molecule has 1 saturated heterocycles. The third-order valence-corrected chi connectivity index (χ3v) is 4.86. The first-order valence-electron chi connectivity index (χ1n) is 9.06. The van der Waals surface area contributed by atoms with Gasteiger partial charge in [0.05, 0.1) is 18.8 Å². The second-order valence-corrected chi connectivity index (χ2v) is 6.76. The van der Waals surface area contributed by atoms with Crippen LogP contribution in [0.2, 0.25) is 0 Å². The summed E-state index contributed by atoms with van der Waals surface area (Å²) in [6, 6.07) is 7.99. The largest absolute Gasteiger partial charge is 0.374 e. The van der Waals surface area contributed by atoms with Gasteiger partial charge in [0.1, 0.15) is 0 Å². The summed E-state index contributed by atoms with van der Waals surface area (Å²) in [4.78, 5) is 12.3. The normalized spacial score (nSPS) is 22.7. The van der Waals surface area contributed by atoms with E-state index in [1.165, 1.54) is 32.1 Å². The molecule has 4 heteroatoms. The predicted octanol–water partition coefficient (Wildman–Crippen LogP) is 3.62. The van der Waals surface area contributed by atoms with E-state index in [2.05, 4.69) is 16.7 Å². The SMILES string of the molecule is O=C(Nc1cccc(COC2CCCCC2)c1)C1CCCCN1. The smallest absolute Gasteiger partial charge is 0.241 e. The molecule has 0 spiro atoms. The fourth-order valence-electron chi connectivity index (χ4n) is 3.49. The van der Waals surface area contributed by atoms with Crippen molar-refractivity contribution in [3.05, 3.63) is 29.8 Å². The lowest BCUT2D eigenvalue weighted by atomic mass is 9.98. The Balaban J connectivity index is 1.51. The van der Waals surface area contributed by atoms with Gasteiger partial charge in [-0.1, -0.05) is 37.8 Å². The van der Waals surface area contributed by atoms with Crippen molar-refractivity contribution < 1.29 is 9.53 Å². The van der Waals surface area contributed by atoms with Crippen LogP contribution in [0.5, 0.6) is 0 Å². The van der Waals surface area contributed by atoms with E-state index in [0.717, 1.165) is 37.1 Å². The van der Waals surface area contributed by atoms with Crippen LogP contribution in [-0.4, -0.2) is 24.6 Å². The highest BCUT2D eigenvalue weighted by atomic mass is 16.5. The number of hydrogen-bond acceptors (Lipinski definition) is 3. The monoisotopic (exact) mass is 316 g/mol. The molecule has 2 N–H and O–H groups in total. The van der Waals surface area contributed by atoms with Crippen LogP contribution in [0.15, 0.2) is 24.3 Å². The van der Waals surface area contributed by atoms with Crippen molar-refractivity contribution in [2.45, 2.75) is 70.1 Å². The molecule has 1 aromatic carbocycles. The van der Waals surface area contributed by atoms with Crippen molar-refractivity contribution in [3.63, 3.8) is 0 Å². The van der Waals surface area contributed by atoms with Crippen LogP contribution in [0.25, 0.3) is 0 Å². The van der Waals surface area contributed by atoms with Crippen LogP contribution >= 0.6 is 0 Å². The van der Waals surface area contributed by atoms with Crippen LogP contribution in [0, 0.1) is 0 Å². The van der Waals surface area contributed by atoms with Gasteiger partial charge in [0.15, 0.2) is 0 Å². The summed E-state index contributed by atoms with van der Waals surface area (Å²) >= 11 is 0. The van der Waals surface area contributed by atoms with Gasteiger partial charge in [-0.3, -0.25) is 4.79 Å². The van der Waals surface area contributed by atoms with Gasteiger partial charge in [-0.25, -0.2) is 0 Å². The Bertz CT molecular complexity index is 506. The van der Waals surface area contributed by atoms with Crippen molar-refractivity contribution in [2.24, 2.45) is 0 Å². The summed E-state index contributed by atoms with van der Waals surface area (Å²) in [5.74, 6) is 0.0787. The molecule has 2 aliphatic rings. The number of piperidine rings is 1. The van der Waals surface area contributed by atoms with Gasteiger partial charge in [0.2, 0.25) is 5.91 Å². The Morgan fingerprint density at radius 3 is 2.74 bits per heavy atom. The molecule has 126 valence electrons. The number of nitrogens with one attached hydrogen (secondary N) is 2. The van der Waals surface area contributed by atoms with Gasteiger partial charge >= 0.3 is 0 Å². The second kappa shape index (κ2) is 8.46. The molecule has 1 aromatic rings. The first-order valence-corrected chi connectivity index (χ1v) is 9.06. The van der Waals surface area contributed by atoms with Crippen molar-refractivity contribution in [1.29, 1.82) is 0 Å². The van der Waals surface area contributed by atoms with Gasteiger partial charge in [-0.05, 0) is 49.9 Å². The molecule has 0 bridgehead atoms. The summed E-state index contributed by atoms with van der Waals surface area (Å²) in [7, 11) is 0. The standard InChI is InChI=1S/C19H28N2O2/c22-19(18-11-4-5-12-20-18)21-16-8-6-7-15(13-16)14-23-17-9-2-1-3-10-17/h6-8,13,17-18,20H,1-5,9-12,14H2,(H,21,22). The average molecular weight is 316 g/mol. The Morgan fingerprint density at radius 1 is 1.13 bits per heavy atom. The Hall–Kier alpha value is -1.39. The first-order chi connectivity index (χ1) is 11.3. The van der Waals surface area contributed by atoms with Crippen molar-refractivity contribution in [1.82, 2.24) is 5.32 Å². The minimum Gasteiger partial charge on any atom is -0.374 e. The molecule has 0 aromatic heterocycles. The number of amides is 1. The molecule has 4 nitrogen and oxygen atoms in total.